The number of nitrogens with one attached hydrogen (secondary N) is 1. The summed E-state index contributed by atoms with van der Waals surface area (Å²) in [6.45, 7) is 8.84. The molecule has 0 atom stereocenters. The van der Waals surface area contributed by atoms with Gasteiger partial charge < -0.3 is 16.0 Å². The lowest BCUT2D eigenvalue weighted by Gasteiger charge is -2.34. The fourth-order valence-corrected chi connectivity index (χ4v) is 2.98. The van der Waals surface area contributed by atoms with E-state index in [1.54, 1.807) is 0 Å². The Hall–Kier alpha value is -0.610. The molecule has 1 fully saturated rings. The number of hydrogen-bond acceptors (Lipinski definition) is 3. The summed E-state index contributed by atoms with van der Waals surface area (Å²) in [5.74, 6) is 0.189. The monoisotopic (exact) mass is 269 g/mol. The predicted octanol–water partition coefficient (Wildman–Crippen LogP) is 1.74. The number of carbonyl (C=O) groups is 1. The van der Waals surface area contributed by atoms with Crippen LogP contribution in [-0.2, 0) is 4.79 Å². The molecule has 3 N–H and O–H groups in total. The fraction of sp³-hybridized carbons (Fsp3) is 0.933. The quantitative estimate of drug-likeness (QED) is 0.660. The zero-order valence-corrected chi connectivity index (χ0v) is 12.7. The van der Waals surface area contributed by atoms with Gasteiger partial charge in [-0.05, 0) is 38.9 Å². The first-order chi connectivity index (χ1) is 9.18. The van der Waals surface area contributed by atoms with Gasteiger partial charge in [0, 0.05) is 13.1 Å². The Bertz CT molecular complexity index is 258. The summed E-state index contributed by atoms with van der Waals surface area (Å²) in [5, 5.41) is 3.10. The molecule has 0 aromatic heterocycles. The van der Waals surface area contributed by atoms with Crippen LogP contribution in [0.15, 0.2) is 0 Å². The van der Waals surface area contributed by atoms with Gasteiger partial charge in [0.2, 0.25) is 5.91 Å². The second-order valence-corrected chi connectivity index (χ2v) is 5.68. The SMILES string of the molecule is CCN(CC)CCCNC(=O)C1(CN)CCCCC1. The van der Waals surface area contributed by atoms with Crippen molar-refractivity contribution in [3.63, 3.8) is 0 Å². The molecule has 1 amide bonds. The summed E-state index contributed by atoms with van der Waals surface area (Å²) >= 11 is 0. The molecule has 0 aliphatic heterocycles. The van der Waals surface area contributed by atoms with E-state index in [1.165, 1.54) is 6.42 Å². The van der Waals surface area contributed by atoms with E-state index in [9.17, 15) is 4.79 Å². The Morgan fingerprint density at radius 2 is 1.84 bits per heavy atom. The molecule has 112 valence electrons. The van der Waals surface area contributed by atoms with Crippen molar-refractivity contribution in [2.45, 2.75) is 52.4 Å². The number of carbonyl (C=O) groups excluding carboxylic acids is 1. The van der Waals surface area contributed by atoms with E-state index >= 15 is 0 Å². The molecule has 1 rings (SSSR count). The maximum Gasteiger partial charge on any atom is 0.227 e. The van der Waals surface area contributed by atoms with Gasteiger partial charge in [-0.2, -0.15) is 0 Å². The van der Waals surface area contributed by atoms with Crippen LogP contribution in [0.4, 0.5) is 0 Å². The Balaban J connectivity index is 2.29. The summed E-state index contributed by atoms with van der Waals surface area (Å²) in [7, 11) is 0. The number of rotatable bonds is 8. The Morgan fingerprint density at radius 3 is 2.37 bits per heavy atom. The largest absolute Gasteiger partial charge is 0.356 e. The third-order valence-electron chi connectivity index (χ3n) is 4.51. The molecule has 1 aliphatic rings. The maximum atomic E-state index is 12.3. The lowest BCUT2D eigenvalue weighted by Crippen LogP contribution is -2.47. The summed E-state index contributed by atoms with van der Waals surface area (Å²) in [6.07, 6.45) is 6.48. The van der Waals surface area contributed by atoms with Crippen LogP contribution >= 0.6 is 0 Å². The number of nitrogens with zero attached hydrogens (tertiary/aromatic N) is 1. The molecule has 19 heavy (non-hydrogen) atoms. The maximum absolute atomic E-state index is 12.3. The van der Waals surface area contributed by atoms with E-state index in [0.717, 1.165) is 58.3 Å². The smallest absolute Gasteiger partial charge is 0.227 e. The zero-order valence-electron chi connectivity index (χ0n) is 12.7. The lowest BCUT2D eigenvalue weighted by atomic mass is 9.73. The van der Waals surface area contributed by atoms with Crippen LogP contribution < -0.4 is 11.1 Å². The molecular formula is C15H31N3O. The molecule has 1 saturated carbocycles. The standard InChI is InChI=1S/C15H31N3O/c1-3-18(4-2)12-8-11-17-14(19)15(13-16)9-6-5-7-10-15/h3-13,16H2,1-2H3,(H,17,19). The van der Waals surface area contributed by atoms with E-state index in [4.69, 9.17) is 5.73 Å². The number of hydrogen-bond donors (Lipinski definition) is 2. The van der Waals surface area contributed by atoms with Gasteiger partial charge in [-0.25, -0.2) is 0 Å². The van der Waals surface area contributed by atoms with Gasteiger partial charge in [-0.1, -0.05) is 33.1 Å². The molecule has 0 saturated heterocycles. The van der Waals surface area contributed by atoms with Crippen molar-refractivity contribution in [2.24, 2.45) is 11.1 Å². The molecular weight excluding hydrogens is 238 g/mol. The third kappa shape index (κ3) is 4.77. The van der Waals surface area contributed by atoms with Crippen molar-refractivity contribution in [3.8, 4) is 0 Å². The Kier molecular flexibility index (Phi) is 7.39. The van der Waals surface area contributed by atoms with Gasteiger partial charge in [0.05, 0.1) is 5.41 Å². The second kappa shape index (κ2) is 8.54. The van der Waals surface area contributed by atoms with E-state index < -0.39 is 0 Å². The van der Waals surface area contributed by atoms with Crippen LogP contribution in [0.1, 0.15) is 52.4 Å². The molecule has 0 heterocycles. The highest BCUT2D eigenvalue weighted by Gasteiger charge is 2.37. The van der Waals surface area contributed by atoms with Crippen LogP contribution in [0, 0.1) is 5.41 Å². The minimum Gasteiger partial charge on any atom is -0.356 e. The van der Waals surface area contributed by atoms with Gasteiger partial charge in [-0.15, -0.1) is 0 Å². The molecule has 0 spiro atoms. The average Bonchev–Trinajstić information content (AvgIpc) is 2.47. The highest BCUT2D eigenvalue weighted by atomic mass is 16.2. The van der Waals surface area contributed by atoms with Crippen LogP contribution in [-0.4, -0.2) is 43.5 Å². The normalized spacial score (nSPS) is 18.5. The molecule has 0 bridgehead atoms. The summed E-state index contributed by atoms with van der Waals surface area (Å²) in [4.78, 5) is 14.7. The first-order valence-electron chi connectivity index (χ1n) is 7.89. The van der Waals surface area contributed by atoms with Crippen molar-refractivity contribution in [1.82, 2.24) is 10.2 Å². The number of nitrogens with two attached hydrogens (primary N) is 1. The second-order valence-electron chi connectivity index (χ2n) is 5.68. The van der Waals surface area contributed by atoms with E-state index in [1.807, 2.05) is 0 Å². The summed E-state index contributed by atoms with van der Waals surface area (Å²) in [5.41, 5.74) is 5.60. The third-order valence-corrected chi connectivity index (χ3v) is 4.51. The molecule has 0 unspecified atom stereocenters. The van der Waals surface area contributed by atoms with Crippen LogP contribution in [0.3, 0.4) is 0 Å². The Morgan fingerprint density at radius 1 is 1.21 bits per heavy atom. The van der Waals surface area contributed by atoms with Gasteiger partial charge in [0.25, 0.3) is 0 Å². The molecule has 1 aliphatic carbocycles. The van der Waals surface area contributed by atoms with Crippen molar-refractivity contribution in [2.75, 3.05) is 32.7 Å². The zero-order chi connectivity index (χ0) is 14.1. The van der Waals surface area contributed by atoms with Crippen LogP contribution in [0.5, 0.6) is 0 Å². The molecule has 0 aromatic rings. The molecule has 4 nitrogen and oxygen atoms in total. The highest BCUT2D eigenvalue weighted by Crippen LogP contribution is 2.35. The minimum absolute atomic E-state index is 0.189. The Labute approximate surface area is 118 Å². The van der Waals surface area contributed by atoms with Crippen LogP contribution in [0.2, 0.25) is 0 Å². The van der Waals surface area contributed by atoms with Crippen molar-refractivity contribution >= 4 is 5.91 Å². The topological polar surface area (TPSA) is 58.4 Å². The molecule has 0 radical (unpaired) electrons. The highest BCUT2D eigenvalue weighted by molar-refractivity contribution is 5.82. The lowest BCUT2D eigenvalue weighted by molar-refractivity contribution is -0.132. The molecule has 4 heteroatoms. The van der Waals surface area contributed by atoms with Gasteiger partial charge in [-0.3, -0.25) is 4.79 Å². The first kappa shape index (κ1) is 16.4. The van der Waals surface area contributed by atoms with Crippen LogP contribution in [0.25, 0.3) is 0 Å². The fourth-order valence-electron chi connectivity index (χ4n) is 2.98. The minimum atomic E-state index is -0.270. The van der Waals surface area contributed by atoms with E-state index in [2.05, 4.69) is 24.1 Å². The predicted molar refractivity (Wildman–Crippen MR) is 80.0 cm³/mol. The van der Waals surface area contributed by atoms with Crippen molar-refractivity contribution in [1.29, 1.82) is 0 Å². The van der Waals surface area contributed by atoms with Gasteiger partial charge >= 0.3 is 0 Å². The first-order valence-corrected chi connectivity index (χ1v) is 7.89. The van der Waals surface area contributed by atoms with Crippen molar-refractivity contribution in [3.05, 3.63) is 0 Å². The summed E-state index contributed by atoms with van der Waals surface area (Å²) < 4.78 is 0. The van der Waals surface area contributed by atoms with E-state index in [-0.39, 0.29) is 11.3 Å². The molecule has 0 aromatic carbocycles. The van der Waals surface area contributed by atoms with E-state index in [0.29, 0.717) is 6.54 Å². The van der Waals surface area contributed by atoms with Gasteiger partial charge in [0.1, 0.15) is 0 Å². The average molecular weight is 269 g/mol. The summed E-state index contributed by atoms with van der Waals surface area (Å²) in [6, 6.07) is 0. The van der Waals surface area contributed by atoms with Gasteiger partial charge in [0.15, 0.2) is 0 Å². The van der Waals surface area contributed by atoms with Crippen molar-refractivity contribution < 1.29 is 4.79 Å². The number of amides is 1.